The minimum atomic E-state index is -1.90. The van der Waals surface area contributed by atoms with Crippen molar-refractivity contribution in [1.82, 2.24) is 0 Å². The molecule has 3 nitrogen and oxygen atoms in total. The summed E-state index contributed by atoms with van der Waals surface area (Å²) in [5.41, 5.74) is 0.254. The molecular weight excluding hydrogens is 312 g/mol. The Morgan fingerprint density at radius 3 is 2.28 bits per heavy atom. The van der Waals surface area contributed by atoms with E-state index in [1.165, 1.54) is 0 Å². The van der Waals surface area contributed by atoms with Crippen LogP contribution in [0.2, 0.25) is 18.1 Å². The first-order valence-electron chi connectivity index (χ1n) is 5.76. The molecule has 0 aliphatic heterocycles. The fourth-order valence-corrected chi connectivity index (χ4v) is 2.79. The van der Waals surface area contributed by atoms with Crippen LogP contribution in [0.5, 0.6) is 5.75 Å². The zero-order valence-electron chi connectivity index (χ0n) is 11.4. The van der Waals surface area contributed by atoms with Gasteiger partial charge in [-0.2, -0.15) is 0 Å². The van der Waals surface area contributed by atoms with Gasteiger partial charge in [-0.1, -0.05) is 20.8 Å². The summed E-state index contributed by atoms with van der Waals surface area (Å²) in [4.78, 5) is 10.9. The fraction of sp³-hybridized carbons (Fsp3) is 0.462. The lowest BCUT2D eigenvalue weighted by Gasteiger charge is -2.36. The first-order valence-corrected chi connectivity index (χ1v) is 9.46. The second-order valence-corrected chi connectivity index (χ2v) is 11.4. The van der Waals surface area contributed by atoms with Gasteiger partial charge < -0.3 is 9.53 Å². The third kappa shape index (κ3) is 3.35. The Labute approximate surface area is 117 Å². The summed E-state index contributed by atoms with van der Waals surface area (Å²) in [7, 11) is -1.90. The van der Waals surface area contributed by atoms with Gasteiger partial charge in [0.1, 0.15) is 5.75 Å². The van der Waals surface area contributed by atoms with Crippen LogP contribution in [0.1, 0.15) is 31.1 Å². The van der Waals surface area contributed by atoms with Gasteiger partial charge in [-0.05, 0) is 52.3 Å². The predicted octanol–water partition coefficient (Wildman–Crippen LogP) is 4.53. The molecule has 0 unspecified atom stereocenters. The minimum Gasteiger partial charge on any atom is -0.543 e. The van der Waals surface area contributed by atoms with Gasteiger partial charge in [-0.3, -0.25) is 0 Å². The summed E-state index contributed by atoms with van der Waals surface area (Å²) in [6.07, 6.45) is 0. The van der Waals surface area contributed by atoms with Crippen molar-refractivity contribution in [2.24, 2.45) is 0 Å². The summed E-state index contributed by atoms with van der Waals surface area (Å²) in [6, 6.07) is 4.86. The molecule has 0 saturated carbocycles. The Hall–Kier alpha value is -0.813. The lowest BCUT2D eigenvalue weighted by atomic mass is 10.2. The van der Waals surface area contributed by atoms with Crippen LogP contribution < -0.4 is 4.43 Å². The van der Waals surface area contributed by atoms with E-state index in [4.69, 9.17) is 9.53 Å². The highest BCUT2D eigenvalue weighted by atomic mass is 79.9. The summed E-state index contributed by atoms with van der Waals surface area (Å²) in [5.74, 6) is -0.221. The Morgan fingerprint density at radius 2 is 1.89 bits per heavy atom. The molecule has 1 N–H and O–H groups in total. The number of hydrogen-bond donors (Lipinski definition) is 1. The second-order valence-electron chi connectivity index (χ2n) is 5.81. The maximum absolute atomic E-state index is 10.9. The van der Waals surface area contributed by atoms with E-state index in [2.05, 4.69) is 49.8 Å². The average molecular weight is 331 g/mol. The van der Waals surface area contributed by atoms with E-state index in [0.29, 0.717) is 10.2 Å². The molecule has 0 amide bonds. The van der Waals surface area contributed by atoms with E-state index in [-0.39, 0.29) is 10.6 Å². The molecule has 0 aliphatic carbocycles. The van der Waals surface area contributed by atoms with Crippen molar-refractivity contribution >= 4 is 30.2 Å². The van der Waals surface area contributed by atoms with Crippen LogP contribution in [0.15, 0.2) is 22.7 Å². The Balaban J connectivity index is 3.03. The molecule has 18 heavy (non-hydrogen) atoms. The van der Waals surface area contributed by atoms with Crippen LogP contribution in [-0.4, -0.2) is 19.4 Å². The number of halogens is 1. The molecule has 0 aromatic heterocycles. The van der Waals surface area contributed by atoms with E-state index in [0.717, 1.165) is 0 Å². The molecular formula is C13H19BrO3Si. The number of benzene rings is 1. The lowest BCUT2D eigenvalue weighted by molar-refractivity contribution is 0.0697. The zero-order valence-corrected chi connectivity index (χ0v) is 14.0. The van der Waals surface area contributed by atoms with Crippen molar-refractivity contribution in [3.05, 3.63) is 28.2 Å². The fourth-order valence-electron chi connectivity index (χ4n) is 1.14. The average Bonchev–Trinajstić information content (AvgIpc) is 2.18. The predicted molar refractivity (Wildman–Crippen MR) is 78.9 cm³/mol. The summed E-state index contributed by atoms with van der Waals surface area (Å²) in [5, 5.41) is 9.02. The highest BCUT2D eigenvalue weighted by Crippen LogP contribution is 2.39. The molecule has 0 fully saturated rings. The molecule has 0 spiro atoms. The molecule has 0 heterocycles. The molecule has 0 bridgehead atoms. The third-order valence-electron chi connectivity index (χ3n) is 3.35. The smallest absolute Gasteiger partial charge is 0.335 e. The SMILES string of the molecule is CC(C)(C)[Si](C)(C)Oc1ccc(C(=O)O)cc1Br. The van der Waals surface area contributed by atoms with Gasteiger partial charge in [0.15, 0.2) is 0 Å². The highest BCUT2D eigenvalue weighted by molar-refractivity contribution is 9.10. The maximum Gasteiger partial charge on any atom is 0.335 e. The summed E-state index contributed by atoms with van der Waals surface area (Å²) < 4.78 is 6.82. The monoisotopic (exact) mass is 330 g/mol. The van der Waals surface area contributed by atoms with Crippen molar-refractivity contribution in [2.75, 3.05) is 0 Å². The van der Waals surface area contributed by atoms with Crippen LogP contribution in [0.25, 0.3) is 0 Å². The normalized spacial score (nSPS) is 12.3. The summed E-state index contributed by atoms with van der Waals surface area (Å²) in [6.45, 7) is 10.8. The van der Waals surface area contributed by atoms with Crippen molar-refractivity contribution in [1.29, 1.82) is 0 Å². The molecule has 1 rings (SSSR count). The molecule has 0 radical (unpaired) electrons. The number of carboxylic acids is 1. The lowest BCUT2D eigenvalue weighted by Crippen LogP contribution is -2.43. The van der Waals surface area contributed by atoms with Crippen LogP contribution in [-0.2, 0) is 0 Å². The molecule has 0 aliphatic rings. The van der Waals surface area contributed by atoms with E-state index < -0.39 is 14.3 Å². The number of carbonyl (C=O) groups is 1. The van der Waals surface area contributed by atoms with Crippen molar-refractivity contribution in [3.8, 4) is 5.75 Å². The second kappa shape index (κ2) is 5.05. The zero-order chi connectivity index (χ0) is 14.1. The molecule has 100 valence electrons. The summed E-state index contributed by atoms with van der Waals surface area (Å²) >= 11 is 3.37. The number of hydrogen-bond acceptors (Lipinski definition) is 2. The molecule has 1 aromatic carbocycles. The van der Waals surface area contributed by atoms with Gasteiger partial charge in [-0.15, -0.1) is 0 Å². The van der Waals surface area contributed by atoms with E-state index in [1.54, 1.807) is 18.2 Å². The van der Waals surface area contributed by atoms with Crippen LogP contribution in [0.4, 0.5) is 0 Å². The third-order valence-corrected chi connectivity index (χ3v) is 8.31. The Bertz CT molecular complexity index is 464. The van der Waals surface area contributed by atoms with Crippen molar-refractivity contribution in [3.63, 3.8) is 0 Å². The maximum atomic E-state index is 10.9. The number of carboxylic acid groups (broad SMARTS) is 1. The van der Waals surface area contributed by atoms with E-state index in [1.807, 2.05) is 0 Å². The van der Waals surface area contributed by atoms with Gasteiger partial charge >= 0.3 is 5.97 Å². The highest BCUT2D eigenvalue weighted by Gasteiger charge is 2.39. The first-order chi connectivity index (χ1) is 8.04. The van der Waals surface area contributed by atoms with Crippen LogP contribution >= 0.6 is 15.9 Å². The van der Waals surface area contributed by atoms with E-state index >= 15 is 0 Å². The van der Waals surface area contributed by atoms with Crippen LogP contribution in [0.3, 0.4) is 0 Å². The topological polar surface area (TPSA) is 46.5 Å². The standard InChI is InChI=1S/C13H19BrO3Si/c1-13(2,3)18(4,5)17-11-7-6-9(12(15)16)8-10(11)14/h6-8H,1-5H3,(H,15,16). The van der Waals surface area contributed by atoms with Gasteiger partial charge in [-0.25, -0.2) is 4.79 Å². The number of aromatic carboxylic acids is 1. The number of rotatable bonds is 3. The molecule has 0 atom stereocenters. The Morgan fingerprint density at radius 1 is 1.33 bits per heavy atom. The van der Waals surface area contributed by atoms with Gasteiger partial charge in [0.05, 0.1) is 10.0 Å². The largest absolute Gasteiger partial charge is 0.543 e. The quantitative estimate of drug-likeness (QED) is 0.828. The first kappa shape index (κ1) is 15.2. The Kier molecular flexibility index (Phi) is 4.28. The van der Waals surface area contributed by atoms with E-state index in [9.17, 15) is 4.79 Å². The van der Waals surface area contributed by atoms with Crippen LogP contribution in [0, 0.1) is 0 Å². The molecule has 0 saturated heterocycles. The van der Waals surface area contributed by atoms with Gasteiger partial charge in [0, 0.05) is 0 Å². The molecule has 5 heteroatoms. The molecule has 1 aromatic rings. The minimum absolute atomic E-state index is 0.109. The van der Waals surface area contributed by atoms with Gasteiger partial charge in [0.25, 0.3) is 8.32 Å². The van der Waals surface area contributed by atoms with Gasteiger partial charge in [0.2, 0.25) is 0 Å². The van der Waals surface area contributed by atoms with Crippen molar-refractivity contribution in [2.45, 2.75) is 38.9 Å². The van der Waals surface area contributed by atoms with Crippen molar-refractivity contribution < 1.29 is 14.3 Å².